The van der Waals surface area contributed by atoms with Gasteiger partial charge in [0.05, 0.1) is 96.5 Å². The number of esters is 6. The number of carbonyl (C=O) groups excluding carboxylic acids is 8. The van der Waals surface area contributed by atoms with Gasteiger partial charge in [-0.25, -0.2) is 14.4 Å². The van der Waals surface area contributed by atoms with Crippen LogP contribution in [0.25, 0.3) is 12.2 Å². The van der Waals surface area contributed by atoms with Gasteiger partial charge in [0, 0.05) is 57.6 Å². The van der Waals surface area contributed by atoms with Gasteiger partial charge in [-0.2, -0.15) is 0 Å². The maximum Gasteiger partial charge on any atom is 0.338 e. The van der Waals surface area contributed by atoms with E-state index < -0.39 is 17.4 Å². The molecule has 5 unspecified atom stereocenters. The summed E-state index contributed by atoms with van der Waals surface area (Å²) in [5, 5.41) is 68.1. The summed E-state index contributed by atoms with van der Waals surface area (Å²) >= 11 is 5.71. The number of terminal acetylenes is 1. The summed E-state index contributed by atoms with van der Waals surface area (Å²) in [6.45, 7) is 39.0. The number of rotatable bonds is 36. The summed E-state index contributed by atoms with van der Waals surface area (Å²) in [5.41, 5.74) is 11.3. The number of hydrogen-bond donors (Lipinski definition) is 9. The van der Waals surface area contributed by atoms with Crippen molar-refractivity contribution in [1.29, 1.82) is 0 Å². The summed E-state index contributed by atoms with van der Waals surface area (Å²) in [6.07, 6.45) is 33.3. The van der Waals surface area contributed by atoms with E-state index in [0.717, 1.165) is 203 Å². The maximum absolute atomic E-state index is 12.5. The molecular weight excluding hydrogens is 1910 g/mol. The fourth-order valence-electron chi connectivity index (χ4n) is 16.0. The van der Waals surface area contributed by atoms with Crippen molar-refractivity contribution in [2.75, 3.05) is 92.9 Å². The van der Waals surface area contributed by atoms with Crippen molar-refractivity contribution in [2.45, 2.75) is 335 Å². The molecule has 26 nitrogen and oxygen atoms in total. The van der Waals surface area contributed by atoms with Gasteiger partial charge >= 0.3 is 47.8 Å². The normalized spacial score (nSPS) is 17.9. The number of imide groups is 1. The first-order valence-corrected chi connectivity index (χ1v) is 50.9. The number of aromatic carboxylic acids is 1. The van der Waals surface area contributed by atoms with Crippen LogP contribution in [0.1, 0.15) is 405 Å². The number of carboxylic acid groups (broad SMARTS) is 2. The molecule has 0 aromatic heterocycles. The second-order valence-electron chi connectivity index (χ2n) is 36.2. The molecule has 5 aliphatic carbocycles. The van der Waals surface area contributed by atoms with E-state index in [2.05, 4.69) is 47.3 Å². The van der Waals surface area contributed by atoms with Gasteiger partial charge in [0.15, 0.2) is 0 Å². The average Bonchev–Trinajstić information content (AvgIpc) is 1.60. The van der Waals surface area contributed by atoms with Crippen LogP contribution in [0.3, 0.4) is 0 Å². The molecule has 0 spiro atoms. The Labute approximate surface area is 908 Å². The number of nitrogens with zero attached hydrogens (tertiary/aromatic N) is 1. The highest BCUT2D eigenvalue weighted by Crippen LogP contribution is 2.49. The van der Waals surface area contributed by atoms with Crippen LogP contribution < -0.4 is 5.73 Å². The lowest BCUT2D eigenvalue weighted by atomic mass is 9.76. The molecule has 149 heavy (non-hydrogen) atoms. The average molecular weight is 2120 g/mol. The van der Waals surface area contributed by atoms with Crippen LogP contribution in [0.2, 0.25) is 5.02 Å². The monoisotopic (exact) mass is 2120 g/mol. The number of aliphatic hydroxyl groups excluding tert-OH is 6. The zero-order valence-corrected chi connectivity index (χ0v) is 87.0. The predicted octanol–water partition coefficient (Wildman–Crippen LogP) is 26.9. The Balaban J connectivity index is -0.000000184. The summed E-state index contributed by atoms with van der Waals surface area (Å²) in [5.74, 6) is 1.67. The second-order valence-corrected chi connectivity index (χ2v) is 36.6. The lowest BCUT2D eigenvalue weighted by Crippen LogP contribution is -2.37. The first-order valence-electron chi connectivity index (χ1n) is 51.0. The Morgan fingerprint density at radius 3 is 0.926 bits per heavy atom. The number of ether oxygens (including phenoxy) is 6. The zero-order chi connectivity index (χ0) is 106. The number of hydrogen-bond acceptors (Lipinski definition) is 23. The molecule has 1 heterocycles. The number of benzene rings is 5. The van der Waals surface area contributed by atoms with Crippen molar-refractivity contribution < 1.29 is 119 Å². The first-order chi connectivity index (χ1) is 67.7. The van der Waals surface area contributed by atoms with E-state index in [-0.39, 0.29) is 170 Å². The molecule has 0 saturated heterocycles. The third-order valence-electron chi connectivity index (χ3n) is 25.4. The fourth-order valence-corrected chi connectivity index (χ4v) is 16.1. The van der Waals surface area contributed by atoms with Gasteiger partial charge < -0.3 is 75.0 Å². The third-order valence-corrected chi connectivity index (χ3v) is 25.6. The van der Waals surface area contributed by atoms with Gasteiger partial charge in [-0.05, 0) is 304 Å². The number of carbonyl (C=O) groups is 10. The van der Waals surface area contributed by atoms with Gasteiger partial charge in [0.25, 0.3) is 11.8 Å². The van der Waals surface area contributed by atoms with Crippen LogP contribution in [0.15, 0.2) is 134 Å². The molecule has 856 valence electrons. The molecule has 5 fully saturated rings. The van der Waals surface area contributed by atoms with Gasteiger partial charge in [-0.3, -0.25) is 38.5 Å². The highest BCUT2D eigenvalue weighted by molar-refractivity contribution is 6.30. The van der Waals surface area contributed by atoms with Crippen LogP contribution in [-0.2, 0) is 57.8 Å². The van der Waals surface area contributed by atoms with E-state index in [9.17, 15) is 47.9 Å². The summed E-state index contributed by atoms with van der Waals surface area (Å²) in [4.78, 5) is 117. The molecule has 5 saturated carbocycles. The minimum absolute atomic E-state index is 0. The lowest BCUT2D eigenvalue weighted by Gasteiger charge is -2.32. The second kappa shape index (κ2) is 95.2. The molecule has 5 aromatic rings. The minimum atomic E-state index is -0.902. The van der Waals surface area contributed by atoms with Crippen LogP contribution in [-0.4, -0.2) is 198 Å². The molecular formula is C122H207ClN2O24. The largest absolute Gasteiger partial charge is 0.481 e. The van der Waals surface area contributed by atoms with Crippen LogP contribution >= 0.6 is 11.6 Å². The Morgan fingerprint density at radius 1 is 0.416 bits per heavy atom. The highest BCUT2D eigenvalue weighted by atomic mass is 35.5. The number of halogens is 1. The van der Waals surface area contributed by atoms with Crippen molar-refractivity contribution in [1.82, 2.24) is 4.90 Å². The van der Waals surface area contributed by atoms with E-state index in [4.69, 9.17) is 88.0 Å². The molecule has 0 radical (unpaired) electrons. The van der Waals surface area contributed by atoms with Gasteiger partial charge in [-0.15, -0.1) is 12.8 Å². The number of aliphatic hydroxyl groups is 6. The molecule has 1 aliphatic heterocycles. The summed E-state index contributed by atoms with van der Waals surface area (Å²) < 4.78 is 36.5. The smallest absolute Gasteiger partial charge is 0.338 e. The number of aliphatic carboxylic acids is 1. The van der Waals surface area contributed by atoms with Crippen molar-refractivity contribution in [2.24, 2.45) is 76.7 Å². The van der Waals surface area contributed by atoms with Crippen molar-refractivity contribution >= 4 is 83.3 Å². The lowest BCUT2D eigenvalue weighted by molar-refractivity contribution is -0.151. The van der Waals surface area contributed by atoms with E-state index in [1.807, 2.05) is 86.6 Å². The predicted molar refractivity (Wildman–Crippen MR) is 615 cm³/mol. The van der Waals surface area contributed by atoms with E-state index in [1.165, 1.54) is 11.3 Å². The molecule has 5 aromatic carbocycles. The molecule has 5 atom stereocenters. The Bertz CT molecular complexity index is 4170. The number of fused-ring (bicyclic) bond motifs is 1. The molecule has 11 rings (SSSR count). The Kier molecular flexibility index (Phi) is 100. The van der Waals surface area contributed by atoms with Crippen LogP contribution in [0, 0.1) is 83.8 Å². The first kappa shape index (κ1) is 157. The Hall–Kier alpha value is -9.95. The molecule has 6 aliphatic rings. The van der Waals surface area contributed by atoms with Crippen molar-refractivity contribution in [3.05, 3.63) is 190 Å². The van der Waals surface area contributed by atoms with Crippen LogP contribution in [0.4, 0.5) is 0 Å². The maximum atomic E-state index is 12.5. The van der Waals surface area contributed by atoms with Crippen LogP contribution in [0.5, 0.6) is 0 Å². The number of carboxylic acids is 2. The number of amides is 2. The van der Waals surface area contributed by atoms with Gasteiger partial charge in [0.1, 0.15) is 1.37 Å². The van der Waals surface area contributed by atoms with Gasteiger partial charge in [0.2, 0.25) is 0 Å². The molecule has 10 N–H and O–H groups in total. The summed E-state index contributed by atoms with van der Waals surface area (Å²) in [7, 11) is 1.00. The quantitative estimate of drug-likeness (QED) is 0.00778. The van der Waals surface area contributed by atoms with E-state index in [0.29, 0.717) is 134 Å². The summed E-state index contributed by atoms with van der Waals surface area (Å²) in [6, 6.07) is 35.0. The van der Waals surface area contributed by atoms with Crippen molar-refractivity contribution in [3.63, 3.8) is 0 Å². The molecule has 27 heteroatoms. The third kappa shape index (κ3) is 61.4. The standard InChI is InChI=1S/C21H27NO4.C13H25NO2.2C13H24O3.C13H18O3.C12H14O2.C10H9ClO2.C9H8O2.2C3H8O.C2H2.CH4O.9CH4/c1-3-12-26-21(25)16-10-8-15(9-11-16)14(2)13-22-19(23)17-6-4-5-7-18(17)20(22)24;4*1-3-8-16-13(15)12-6-4-11(5-7-12)10(2)9-14;1-3-9-14-12(13)11-7-5-10(4-2)6-8-11;11-8-3-1-7(2-4-8)10(5-6-10)9(12)13;1-2-7-3-5-8(6-4-7)9(10)11;2*1-2-3-4;2*1-2;;;;;;;;;/h4-7,14-16H,3,8-13H2,1-2H3;10-12H,3-9,14H2,1-2H3;2*10-12,14H,3-9H2,1-2H3;4-7,10,14H,3,8-9H2,1-2H3;4-8H,2-3,9H2,1H3;1-4H,5-6H2,(H,12,13);2-6H,1H2,(H,10,11);2*4H,2-3H2,1H3;1-2H;2H,1H3;9*1H4/i;;;;;;;;;;1D;;;;;;;;;;. The minimum Gasteiger partial charge on any atom is -0.481 e. The van der Waals surface area contributed by atoms with Crippen molar-refractivity contribution in [3.8, 4) is 12.8 Å². The fraction of sp³-hybridized carbons (Fsp3) is 0.623. The SMILES string of the molecule is C.C.C.C.C.C.C.C.C.C=Cc1ccc(C(=O)O)cc1.C=Cc1ccc(C(=O)OCCC)cc1.CCCO.CCCO.CCCOC(=O)C1CCC(C(C)CN)CC1.CCCOC(=O)C1CCC(C(C)CN2C(=O)c3ccccc3C2=O)CC1.CCCOC(=O)C1CCC(C(C)CO)CC1.CCCOC(=O)C1CCC(C(C)CO)CC1.CCCOC(=O)c1ccc(C(C)CO)cc1.CO.O=C(O)C1(c2ccc(Cl)cc2)CC1.[2H]C#C. The van der Waals surface area contributed by atoms with E-state index in [1.54, 1.807) is 109 Å². The number of nitrogens with two attached hydrogens (primary N) is 1. The van der Waals surface area contributed by atoms with E-state index >= 15 is 0 Å². The zero-order valence-electron chi connectivity index (χ0n) is 87.3. The topological polar surface area (TPSA) is 417 Å². The molecule has 2 amide bonds. The Morgan fingerprint density at radius 2 is 0.685 bits per heavy atom. The molecule has 0 bridgehead atoms. The van der Waals surface area contributed by atoms with Gasteiger partial charge in [-0.1, -0.05) is 254 Å². The highest BCUT2D eigenvalue weighted by Gasteiger charge is 2.51.